The predicted molar refractivity (Wildman–Crippen MR) is 93.0 cm³/mol. The average molecular weight is 324 g/mol. The van der Waals surface area contributed by atoms with E-state index in [0.717, 1.165) is 12.0 Å². The maximum Gasteiger partial charge on any atom is 0.196 e. The van der Waals surface area contributed by atoms with Gasteiger partial charge in [0.2, 0.25) is 0 Å². The fourth-order valence-electron chi connectivity index (χ4n) is 2.59. The Morgan fingerprint density at radius 2 is 2.00 bits per heavy atom. The van der Waals surface area contributed by atoms with Crippen LogP contribution in [0.3, 0.4) is 0 Å². The number of para-hydroxylation sites is 1. The molecule has 0 saturated carbocycles. The van der Waals surface area contributed by atoms with Crippen LogP contribution in [0, 0.1) is 0 Å². The van der Waals surface area contributed by atoms with Gasteiger partial charge in [-0.05, 0) is 42.3 Å². The summed E-state index contributed by atoms with van der Waals surface area (Å²) in [5, 5.41) is 0. The Morgan fingerprint density at radius 1 is 1.17 bits per heavy atom. The van der Waals surface area contributed by atoms with Crippen molar-refractivity contribution in [1.82, 2.24) is 0 Å². The van der Waals surface area contributed by atoms with E-state index in [-0.39, 0.29) is 12.4 Å². The second-order valence-electron chi connectivity index (χ2n) is 5.54. The van der Waals surface area contributed by atoms with E-state index in [9.17, 15) is 4.79 Å². The molecule has 4 nitrogen and oxygen atoms in total. The van der Waals surface area contributed by atoms with Crippen molar-refractivity contribution in [3.8, 4) is 17.2 Å². The number of fused-ring (bicyclic) bond motifs is 1. The number of ketones is 1. The normalized spacial score (nSPS) is 14.9. The molecular formula is C20H20O4. The smallest absolute Gasteiger partial charge is 0.196 e. The zero-order valence-corrected chi connectivity index (χ0v) is 13.9. The summed E-state index contributed by atoms with van der Waals surface area (Å²) < 4.78 is 16.7. The van der Waals surface area contributed by atoms with Crippen LogP contribution in [0.15, 0.2) is 48.0 Å². The van der Waals surface area contributed by atoms with Crippen molar-refractivity contribution >= 4 is 11.9 Å². The maximum absolute atomic E-state index is 12.6. The van der Waals surface area contributed by atoms with E-state index in [0.29, 0.717) is 35.0 Å². The minimum Gasteiger partial charge on any atom is -0.493 e. The Kier molecular flexibility index (Phi) is 4.85. The van der Waals surface area contributed by atoms with Gasteiger partial charge in [-0.2, -0.15) is 0 Å². The summed E-state index contributed by atoms with van der Waals surface area (Å²) in [5.74, 6) is 2.01. The van der Waals surface area contributed by atoms with E-state index in [2.05, 4.69) is 0 Å². The number of ether oxygens (including phenoxy) is 3. The van der Waals surface area contributed by atoms with Crippen LogP contribution in [-0.2, 0) is 0 Å². The van der Waals surface area contributed by atoms with Gasteiger partial charge >= 0.3 is 0 Å². The lowest BCUT2D eigenvalue weighted by Gasteiger charge is -2.18. The van der Waals surface area contributed by atoms with Crippen molar-refractivity contribution in [1.29, 1.82) is 0 Å². The van der Waals surface area contributed by atoms with Gasteiger partial charge in [0, 0.05) is 5.57 Å². The van der Waals surface area contributed by atoms with E-state index in [1.54, 1.807) is 13.2 Å². The van der Waals surface area contributed by atoms with E-state index in [4.69, 9.17) is 14.2 Å². The van der Waals surface area contributed by atoms with E-state index < -0.39 is 0 Å². The van der Waals surface area contributed by atoms with E-state index in [1.807, 2.05) is 49.4 Å². The van der Waals surface area contributed by atoms with E-state index in [1.165, 1.54) is 0 Å². The molecule has 0 radical (unpaired) electrons. The molecule has 0 N–H and O–H groups in total. The van der Waals surface area contributed by atoms with Gasteiger partial charge in [-0.1, -0.05) is 25.1 Å². The molecule has 0 aliphatic carbocycles. The number of benzene rings is 2. The average Bonchev–Trinajstić information content (AvgIpc) is 2.62. The molecule has 124 valence electrons. The molecule has 0 aromatic heterocycles. The molecule has 3 rings (SSSR count). The molecule has 0 spiro atoms. The Hall–Kier alpha value is -2.75. The third-order valence-corrected chi connectivity index (χ3v) is 3.80. The van der Waals surface area contributed by atoms with Gasteiger partial charge in [-0.25, -0.2) is 0 Å². The SMILES string of the molecule is CCCOc1cc(/C=C2\COc3ccccc3C2=O)ccc1OC. The van der Waals surface area contributed by atoms with Crippen LogP contribution in [0.25, 0.3) is 6.08 Å². The first kappa shape index (κ1) is 16.1. The lowest BCUT2D eigenvalue weighted by Crippen LogP contribution is -2.18. The number of carbonyl (C=O) groups is 1. The summed E-state index contributed by atoms with van der Waals surface area (Å²) in [5.41, 5.74) is 2.11. The molecule has 0 atom stereocenters. The molecule has 2 aromatic carbocycles. The lowest BCUT2D eigenvalue weighted by atomic mass is 9.98. The summed E-state index contributed by atoms with van der Waals surface area (Å²) in [7, 11) is 1.61. The minimum atomic E-state index is 0.00342. The molecule has 0 amide bonds. The molecule has 0 unspecified atom stereocenters. The summed E-state index contributed by atoms with van der Waals surface area (Å²) >= 11 is 0. The number of hydrogen-bond donors (Lipinski definition) is 0. The summed E-state index contributed by atoms with van der Waals surface area (Å²) in [6, 6.07) is 12.9. The highest BCUT2D eigenvalue weighted by Gasteiger charge is 2.22. The fourth-order valence-corrected chi connectivity index (χ4v) is 2.59. The summed E-state index contributed by atoms with van der Waals surface area (Å²) in [4.78, 5) is 12.6. The number of Topliss-reactive ketones (excluding diaryl/α,β-unsaturated/α-hetero) is 1. The second-order valence-corrected chi connectivity index (χ2v) is 5.54. The third kappa shape index (κ3) is 3.27. The number of rotatable bonds is 5. The highest BCUT2D eigenvalue weighted by molar-refractivity contribution is 6.14. The quantitative estimate of drug-likeness (QED) is 0.775. The number of hydrogen-bond acceptors (Lipinski definition) is 4. The fraction of sp³-hybridized carbons (Fsp3) is 0.250. The largest absolute Gasteiger partial charge is 0.493 e. The first-order chi connectivity index (χ1) is 11.7. The van der Waals surface area contributed by atoms with Gasteiger partial charge in [-0.15, -0.1) is 0 Å². The summed E-state index contributed by atoms with van der Waals surface area (Å²) in [6.07, 6.45) is 2.76. The van der Waals surface area contributed by atoms with Crippen molar-refractivity contribution in [3.05, 3.63) is 59.2 Å². The van der Waals surface area contributed by atoms with Crippen molar-refractivity contribution in [2.45, 2.75) is 13.3 Å². The minimum absolute atomic E-state index is 0.00342. The van der Waals surface area contributed by atoms with Crippen molar-refractivity contribution < 1.29 is 19.0 Å². The van der Waals surface area contributed by atoms with Gasteiger partial charge in [0.1, 0.15) is 12.4 Å². The predicted octanol–water partition coefficient (Wildman–Crippen LogP) is 4.14. The van der Waals surface area contributed by atoms with Crippen LogP contribution >= 0.6 is 0 Å². The summed E-state index contributed by atoms with van der Waals surface area (Å²) in [6.45, 7) is 2.94. The molecule has 4 heteroatoms. The molecule has 0 bridgehead atoms. The van der Waals surface area contributed by atoms with Crippen LogP contribution < -0.4 is 14.2 Å². The van der Waals surface area contributed by atoms with Crippen LogP contribution in [0.1, 0.15) is 29.3 Å². The van der Waals surface area contributed by atoms with Gasteiger partial charge in [0.25, 0.3) is 0 Å². The molecule has 1 aliphatic heterocycles. The monoisotopic (exact) mass is 324 g/mol. The Morgan fingerprint density at radius 3 is 2.79 bits per heavy atom. The Bertz CT molecular complexity index is 777. The Balaban J connectivity index is 1.90. The molecule has 1 heterocycles. The highest BCUT2D eigenvalue weighted by Crippen LogP contribution is 2.31. The van der Waals surface area contributed by atoms with Crippen LogP contribution in [-0.4, -0.2) is 26.1 Å². The first-order valence-electron chi connectivity index (χ1n) is 8.01. The molecular weight excluding hydrogens is 304 g/mol. The van der Waals surface area contributed by atoms with Crippen molar-refractivity contribution in [2.24, 2.45) is 0 Å². The van der Waals surface area contributed by atoms with Crippen LogP contribution in [0.5, 0.6) is 17.2 Å². The third-order valence-electron chi connectivity index (χ3n) is 3.80. The van der Waals surface area contributed by atoms with Crippen molar-refractivity contribution in [3.63, 3.8) is 0 Å². The first-order valence-corrected chi connectivity index (χ1v) is 8.01. The number of carbonyl (C=O) groups excluding carboxylic acids is 1. The van der Waals surface area contributed by atoms with Gasteiger partial charge in [0.05, 0.1) is 19.3 Å². The molecule has 24 heavy (non-hydrogen) atoms. The topological polar surface area (TPSA) is 44.8 Å². The van der Waals surface area contributed by atoms with Gasteiger partial charge in [-0.3, -0.25) is 4.79 Å². The Labute approximate surface area is 141 Å². The number of methoxy groups -OCH3 is 1. The van der Waals surface area contributed by atoms with E-state index >= 15 is 0 Å². The van der Waals surface area contributed by atoms with Crippen LogP contribution in [0.2, 0.25) is 0 Å². The molecule has 0 fully saturated rings. The maximum atomic E-state index is 12.6. The second kappa shape index (κ2) is 7.21. The zero-order chi connectivity index (χ0) is 16.9. The standard InChI is InChI=1S/C20H20O4/c1-3-10-23-19-12-14(8-9-18(19)22-2)11-15-13-24-17-7-5-4-6-16(17)20(15)21/h4-9,11-12H,3,10,13H2,1-2H3/b15-11+. The van der Waals surface area contributed by atoms with Gasteiger partial charge < -0.3 is 14.2 Å². The highest BCUT2D eigenvalue weighted by atomic mass is 16.5. The molecule has 0 saturated heterocycles. The molecule has 2 aromatic rings. The lowest BCUT2D eigenvalue weighted by molar-refractivity contribution is 0.100. The van der Waals surface area contributed by atoms with Crippen molar-refractivity contribution in [2.75, 3.05) is 20.3 Å². The van der Waals surface area contributed by atoms with Gasteiger partial charge in [0.15, 0.2) is 17.3 Å². The zero-order valence-electron chi connectivity index (χ0n) is 13.9. The van der Waals surface area contributed by atoms with Crippen LogP contribution in [0.4, 0.5) is 0 Å². The molecule has 1 aliphatic rings.